The van der Waals surface area contributed by atoms with Crippen molar-refractivity contribution in [1.82, 2.24) is 4.90 Å². The van der Waals surface area contributed by atoms with Gasteiger partial charge in [0.1, 0.15) is 6.04 Å². The second-order valence-corrected chi connectivity index (χ2v) is 7.22. The number of hydrogen-bond donors (Lipinski definition) is 1. The molecule has 3 atom stereocenters. The van der Waals surface area contributed by atoms with Crippen LogP contribution in [-0.2, 0) is 4.79 Å². The van der Waals surface area contributed by atoms with Crippen molar-refractivity contribution in [3.63, 3.8) is 0 Å². The lowest BCUT2D eigenvalue weighted by Crippen LogP contribution is -2.43. The molecule has 1 aromatic carbocycles. The van der Waals surface area contributed by atoms with Crippen molar-refractivity contribution in [3.05, 3.63) is 35.2 Å². The van der Waals surface area contributed by atoms with Gasteiger partial charge >= 0.3 is 5.97 Å². The summed E-state index contributed by atoms with van der Waals surface area (Å²) >= 11 is 1.64. The van der Waals surface area contributed by atoms with Crippen molar-refractivity contribution in [2.24, 2.45) is 11.8 Å². The Balaban J connectivity index is 1.67. The molecule has 0 spiro atoms. The standard InChI is InChI=1S/C17H17NO3S/c19-16(11-4-5-14-10(8-11)6-7-22-14)18-9-12-2-1-3-13(12)15(18)17(20)21/h4-8,12-13,15H,1-3,9H2,(H,20,21)/t12-,13-,15-/m0/s1. The zero-order chi connectivity index (χ0) is 15.3. The van der Waals surface area contributed by atoms with Crippen molar-refractivity contribution in [2.75, 3.05) is 6.54 Å². The molecule has 4 nitrogen and oxygen atoms in total. The number of rotatable bonds is 2. The highest BCUT2D eigenvalue weighted by atomic mass is 32.1. The smallest absolute Gasteiger partial charge is 0.326 e. The number of carboxylic acids is 1. The fourth-order valence-electron chi connectivity index (χ4n) is 4.10. The first-order valence-corrected chi connectivity index (χ1v) is 8.54. The van der Waals surface area contributed by atoms with E-state index in [-0.39, 0.29) is 11.8 Å². The molecule has 1 aliphatic heterocycles. The van der Waals surface area contributed by atoms with E-state index in [4.69, 9.17) is 0 Å². The van der Waals surface area contributed by atoms with E-state index >= 15 is 0 Å². The van der Waals surface area contributed by atoms with Gasteiger partial charge in [0, 0.05) is 16.8 Å². The quantitative estimate of drug-likeness (QED) is 0.925. The summed E-state index contributed by atoms with van der Waals surface area (Å²) in [5.41, 5.74) is 0.595. The number of benzene rings is 1. The lowest BCUT2D eigenvalue weighted by molar-refractivity contribution is -0.142. The fraction of sp³-hybridized carbons (Fsp3) is 0.412. The summed E-state index contributed by atoms with van der Waals surface area (Å²) < 4.78 is 1.14. The predicted molar refractivity (Wildman–Crippen MR) is 85.1 cm³/mol. The van der Waals surface area contributed by atoms with Crippen LogP contribution in [0.3, 0.4) is 0 Å². The third-order valence-electron chi connectivity index (χ3n) is 5.10. The number of carbonyl (C=O) groups is 2. The summed E-state index contributed by atoms with van der Waals surface area (Å²) in [6, 6.07) is 6.97. The van der Waals surface area contributed by atoms with Gasteiger partial charge in [0.15, 0.2) is 0 Å². The van der Waals surface area contributed by atoms with E-state index in [0.717, 1.165) is 29.3 Å². The number of aliphatic carboxylic acids is 1. The molecule has 0 radical (unpaired) electrons. The van der Waals surface area contributed by atoms with Crippen molar-refractivity contribution in [3.8, 4) is 0 Å². The van der Waals surface area contributed by atoms with Crippen LogP contribution in [0.25, 0.3) is 10.1 Å². The van der Waals surface area contributed by atoms with Crippen LogP contribution >= 0.6 is 11.3 Å². The largest absolute Gasteiger partial charge is 0.480 e. The molecule has 1 saturated heterocycles. The first-order valence-electron chi connectivity index (χ1n) is 7.66. The number of nitrogens with zero attached hydrogens (tertiary/aromatic N) is 1. The van der Waals surface area contributed by atoms with Gasteiger partial charge in [-0.25, -0.2) is 4.79 Å². The molecular weight excluding hydrogens is 298 g/mol. The molecule has 1 saturated carbocycles. The maximum Gasteiger partial charge on any atom is 0.326 e. The summed E-state index contributed by atoms with van der Waals surface area (Å²) in [5.74, 6) is -0.518. The summed E-state index contributed by atoms with van der Waals surface area (Å²) in [4.78, 5) is 26.1. The summed E-state index contributed by atoms with van der Waals surface area (Å²) in [7, 11) is 0. The number of likely N-dealkylation sites (tertiary alicyclic amines) is 1. The van der Waals surface area contributed by atoms with Gasteiger partial charge < -0.3 is 10.0 Å². The van der Waals surface area contributed by atoms with Crippen LogP contribution < -0.4 is 0 Å². The van der Waals surface area contributed by atoms with Crippen LogP contribution in [-0.4, -0.2) is 34.5 Å². The molecule has 0 bridgehead atoms. The Labute approximate surface area is 132 Å². The van der Waals surface area contributed by atoms with Crippen LogP contribution in [0.1, 0.15) is 29.6 Å². The lowest BCUT2D eigenvalue weighted by Gasteiger charge is -2.24. The minimum atomic E-state index is -0.862. The van der Waals surface area contributed by atoms with E-state index in [2.05, 4.69) is 0 Å². The number of fused-ring (bicyclic) bond motifs is 2. The minimum Gasteiger partial charge on any atom is -0.480 e. The maximum absolute atomic E-state index is 12.8. The third-order valence-corrected chi connectivity index (χ3v) is 6.00. The van der Waals surface area contributed by atoms with E-state index in [0.29, 0.717) is 18.0 Å². The Morgan fingerprint density at radius 3 is 2.91 bits per heavy atom. The fourth-order valence-corrected chi connectivity index (χ4v) is 4.87. The highest BCUT2D eigenvalue weighted by Gasteiger charge is 2.49. The number of thiophene rings is 1. The second-order valence-electron chi connectivity index (χ2n) is 6.27. The molecule has 4 rings (SSSR count). The van der Waals surface area contributed by atoms with E-state index in [9.17, 15) is 14.7 Å². The average Bonchev–Trinajstić information content (AvgIpc) is 3.19. The van der Waals surface area contributed by atoms with E-state index < -0.39 is 12.0 Å². The number of hydrogen-bond acceptors (Lipinski definition) is 3. The first-order chi connectivity index (χ1) is 10.6. The molecule has 2 aliphatic rings. The Bertz CT molecular complexity index is 753. The molecule has 5 heteroatoms. The predicted octanol–water partition coefficient (Wildman–Crippen LogP) is 3.23. The molecule has 1 N–H and O–H groups in total. The number of amides is 1. The van der Waals surface area contributed by atoms with E-state index in [1.807, 2.05) is 29.6 Å². The van der Waals surface area contributed by atoms with Crippen LogP contribution in [0.2, 0.25) is 0 Å². The van der Waals surface area contributed by atoms with Gasteiger partial charge in [-0.05, 0) is 59.7 Å². The Morgan fingerprint density at radius 1 is 1.23 bits per heavy atom. The highest BCUT2D eigenvalue weighted by molar-refractivity contribution is 7.17. The Morgan fingerprint density at radius 2 is 2.09 bits per heavy atom. The number of carbonyl (C=O) groups excluding carboxylic acids is 1. The van der Waals surface area contributed by atoms with Crippen molar-refractivity contribution >= 4 is 33.3 Å². The monoisotopic (exact) mass is 315 g/mol. The molecule has 0 unspecified atom stereocenters. The Hall–Kier alpha value is -1.88. The molecule has 114 valence electrons. The zero-order valence-corrected chi connectivity index (χ0v) is 12.9. The van der Waals surface area contributed by atoms with Gasteiger partial charge in [-0.2, -0.15) is 0 Å². The van der Waals surface area contributed by atoms with Crippen molar-refractivity contribution < 1.29 is 14.7 Å². The highest BCUT2D eigenvalue weighted by Crippen LogP contribution is 2.42. The van der Waals surface area contributed by atoms with Gasteiger partial charge in [0.25, 0.3) is 5.91 Å². The second kappa shape index (κ2) is 5.09. The van der Waals surface area contributed by atoms with Crippen LogP contribution in [0, 0.1) is 11.8 Å². The van der Waals surface area contributed by atoms with Gasteiger partial charge in [-0.1, -0.05) is 6.42 Å². The molecule has 2 aromatic rings. The average molecular weight is 315 g/mol. The SMILES string of the molecule is O=C(O)[C@@H]1[C@H]2CCC[C@H]2CN1C(=O)c1ccc2sccc2c1. The molecular formula is C17H17NO3S. The van der Waals surface area contributed by atoms with Gasteiger partial charge in [-0.15, -0.1) is 11.3 Å². The van der Waals surface area contributed by atoms with Gasteiger partial charge in [0.05, 0.1) is 0 Å². The third kappa shape index (κ3) is 2.03. The van der Waals surface area contributed by atoms with Crippen molar-refractivity contribution in [2.45, 2.75) is 25.3 Å². The molecule has 1 aromatic heterocycles. The van der Waals surface area contributed by atoms with E-state index in [1.54, 1.807) is 16.2 Å². The van der Waals surface area contributed by atoms with Gasteiger partial charge in [-0.3, -0.25) is 4.79 Å². The molecule has 22 heavy (non-hydrogen) atoms. The normalized spacial score (nSPS) is 27.3. The topological polar surface area (TPSA) is 57.6 Å². The van der Waals surface area contributed by atoms with Crippen molar-refractivity contribution in [1.29, 1.82) is 0 Å². The Kier molecular flexibility index (Phi) is 3.18. The summed E-state index contributed by atoms with van der Waals surface area (Å²) in [5, 5.41) is 12.6. The molecule has 2 fully saturated rings. The lowest BCUT2D eigenvalue weighted by atomic mass is 9.94. The number of carboxylic acid groups (broad SMARTS) is 1. The van der Waals surface area contributed by atoms with E-state index in [1.165, 1.54) is 0 Å². The van der Waals surface area contributed by atoms with Crippen LogP contribution in [0.15, 0.2) is 29.6 Å². The minimum absolute atomic E-state index is 0.131. The summed E-state index contributed by atoms with van der Waals surface area (Å²) in [6.07, 6.45) is 3.05. The first kappa shape index (κ1) is 13.8. The zero-order valence-electron chi connectivity index (χ0n) is 12.1. The summed E-state index contributed by atoms with van der Waals surface area (Å²) in [6.45, 7) is 0.585. The molecule has 1 amide bonds. The van der Waals surface area contributed by atoms with Crippen LogP contribution in [0.4, 0.5) is 0 Å². The molecule has 1 aliphatic carbocycles. The maximum atomic E-state index is 12.8. The van der Waals surface area contributed by atoms with Gasteiger partial charge in [0.2, 0.25) is 0 Å². The van der Waals surface area contributed by atoms with Crippen LogP contribution in [0.5, 0.6) is 0 Å². The molecule has 2 heterocycles.